The molecule has 5 nitrogen and oxygen atoms in total. The number of hydrogen-bond acceptors (Lipinski definition) is 3. The molecule has 1 aliphatic rings. The minimum Gasteiger partial charge on any atom is -0.326 e. The van der Waals surface area contributed by atoms with E-state index in [2.05, 4.69) is 21.7 Å². The van der Waals surface area contributed by atoms with Gasteiger partial charge in [-0.3, -0.25) is 9.59 Å². The van der Waals surface area contributed by atoms with Gasteiger partial charge in [0, 0.05) is 17.9 Å². The smallest absolute Gasteiger partial charge is 0.261 e. The van der Waals surface area contributed by atoms with E-state index in [1.54, 1.807) is 19.1 Å². The SMILES string of the molecule is Cc1ccc(C(=O)Nc2cccc3c2CCNC3)c(=O)[nH]1. The molecule has 0 spiro atoms. The fraction of sp³-hybridized carbons (Fsp3) is 0.250. The molecule has 0 radical (unpaired) electrons. The van der Waals surface area contributed by atoms with Crippen molar-refractivity contribution in [2.45, 2.75) is 19.9 Å². The van der Waals surface area contributed by atoms with Crippen LogP contribution in [0.3, 0.4) is 0 Å². The van der Waals surface area contributed by atoms with E-state index in [0.29, 0.717) is 0 Å². The molecule has 2 heterocycles. The van der Waals surface area contributed by atoms with E-state index in [4.69, 9.17) is 0 Å². The lowest BCUT2D eigenvalue weighted by atomic mass is 9.99. The molecule has 0 aliphatic carbocycles. The van der Waals surface area contributed by atoms with Crippen LogP contribution >= 0.6 is 0 Å². The summed E-state index contributed by atoms with van der Waals surface area (Å²) < 4.78 is 0. The maximum absolute atomic E-state index is 12.3. The van der Waals surface area contributed by atoms with Crippen LogP contribution in [-0.4, -0.2) is 17.4 Å². The summed E-state index contributed by atoms with van der Waals surface area (Å²) in [6, 6.07) is 9.13. The number of fused-ring (bicyclic) bond motifs is 1. The Kier molecular flexibility index (Phi) is 3.58. The van der Waals surface area contributed by atoms with Gasteiger partial charge >= 0.3 is 0 Å². The maximum Gasteiger partial charge on any atom is 0.261 e. The number of aromatic amines is 1. The van der Waals surface area contributed by atoms with Crippen molar-refractivity contribution < 1.29 is 4.79 Å². The quantitative estimate of drug-likeness (QED) is 0.783. The average Bonchev–Trinajstić information content (AvgIpc) is 2.47. The van der Waals surface area contributed by atoms with Crippen molar-refractivity contribution in [3.8, 4) is 0 Å². The number of rotatable bonds is 2. The van der Waals surface area contributed by atoms with Crippen LogP contribution in [0.15, 0.2) is 35.1 Å². The highest BCUT2D eigenvalue weighted by molar-refractivity contribution is 6.04. The van der Waals surface area contributed by atoms with E-state index < -0.39 is 0 Å². The highest BCUT2D eigenvalue weighted by Gasteiger charge is 2.16. The molecule has 0 atom stereocenters. The van der Waals surface area contributed by atoms with Crippen LogP contribution in [0.5, 0.6) is 0 Å². The molecule has 0 unspecified atom stereocenters. The van der Waals surface area contributed by atoms with Gasteiger partial charge in [0.05, 0.1) is 0 Å². The summed E-state index contributed by atoms with van der Waals surface area (Å²) in [5.41, 5.74) is 3.63. The van der Waals surface area contributed by atoms with Gasteiger partial charge in [-0.05, 0) is 49.2 Å². The van der Waals surface area contributed by atoms with Crippen molar-refractivity contribution in [1.82, 2.24) is 10.3 Å². The molecule has 2 aromatic rings. The lowest BCUT2D eigenvalue weighted by molar-refractivity contribution is 0.102. The van der Waals surface area contributed by atoms with E-state index in [0.717, 1.165) is 36.5 Å². The molecule has 0 saturated heterocycles. The van der Waals surface area contributed by atoms with Crippen molar-refractivity contribution in [3.05, 3.63) is 63.1 Å². The van der Waals surface area contributed by atoms with E-state index in [9.17, 15) is 9.59 Å². The van der Waals surface area contributed by atoms with Crippen LogP contribution in [0.4, 0.5) is 5.69 Å². The number of anilines is 1. The Bertz CT molecular complexity index is 749. The fourth-order valence-electron chi connectivity index (χ4n) is 2.59. The molecule has 3 N–H and O–H groups in total. The summed E-state index contributed by atoms with van der Waals surface area (Å²) in [5.74, 6) is -0.372. The molecule has 1 amide bonds. The summed E-state index contributed by atoms with van der Waals surface area (Å²) in [7, 11) is 0. The first-order valence-electron chi connectivity index (χ1n) is 6.98. The largest absolute Gasteiger partial charge is 0.326 e. The van der Waals surface area contributed by atoms with Crippen LogP contribution in [0, 0.1) is 6.92 Å². The van der Waals surface area contributed by atoms with Crippen LogP contribution in [0.1, 0.15) is 27.2 Å². The summed E-state index contributed by atoms with van der Waals surface area (Å²) in [5, 5.41) is 6.16. The second-order valence-electron chi connectivity index (χ2n) is 5.21. The molecule has 0 bridgehead atoms. The van der Waals surface area contributed by atoms with Gasteiger partial charge < -0.3 is 15.6 Å². The number of hydrogen-bond donors (Lipinski definition) is 3. The first-order valence-corrected chi connectivity index (χ1v) is 6.98. The summed E-state index contributed by atoms with van der Waals surface area (Å²) in [6.45, 7) is 3.48. The van der Waals surface area contributed by atoms with Gasteiger partial charge in [0.1, 0.15) is 5.56 Å². The topological polar surface area (TPSA) is 74.0 Å². The lowest BCUT2D eigenvalue weighted by Crippen LogP contribution is -2.27. The Labute approximate surface area is 122 Å². The molecule has 1 aromatic carbocycles. The minimum atomic E-state index is -0.372. The van der Waals surface area contributed by atoms with Crippen molar-refractivity contribution >= 4 is 11.6 Å². The van der Waals surface area contributed by atoms with Crippen molar-refractivity contribution in [2.75, 3.05) is 11.9 Å². The first-order chi connectivity index (χ1) is 10.1. The van der Waals surface area contributed by atoms with Gasteiger partial charge in [-0.2, -0.15) is 0 Å². The van der Waals surface area contributed by atoms with Crippen LogP contribution < -0.4 is 16.2 Å². The minimum absolute atomic E-state index is 0.132. The third-order valence-electron chi connectivity index (χ3n) is 3.69. The number of amides is 1. The molecule has 1 aliphatic heterocycles. The molecule has 3 rings (SSSR count). The van der Waals surface area contributed by atoms with Crippen LogP contribution in [-0.2, 0) is 13.0 Å². The summed E-state index contributed by atoms with van der Waals surface area (Å²) in [6.07, 6.45) is 0.871. The normalized spacial score (nSPS) is 13.6. The second-order valence-corrected chi connectivity index (χ2v) is 5.21. The Hall–Kier alpha value is -2.40. The monoisotopic (exact) mass is 283 g/mol. The van der Waals surface area contributed by atoms with Gasteiger partial charge in [-0.25, -0.2) is 0 Å². The molecule has 1 aromatic heterocycles. The third-order valence-corrected chi connectivity index (χ3v) is 3.69. The van der Waals surface area contributed by atoms with Gasteiger partial charge in [-0.1, -0.05) is 12.1 Å². The Morgan fingerprint density at radius 3 is 2.90 bits per heavy atom. The van der Waals surface area contributed by atoms with Crippen LogP contribution in [0.2, 0.25) is 0 Å². The van der Waals surface area contributed by atoms with Crippen molar-refractivity contribution in [2.24, 2.45) is 0 Å². The fourth-order valence-corrected chi connectivity index (χ4v) is 2.59. The van der Waals surface area contributed by atoms with Crippen LogP contribution in [0.25, 0.3) is 0 Å². The Morgan fingerprint density at radius 2 is 2.10 bits per heavy atom. The van der Waals surface area contributed by atoms with E-state index >= 15 is 0 Å². The predicted octanol–water partition coefficient (Wildman–Crippen LogP) is 1.58. The summed E-state index contributed by atoms with van der Waals surface area (Å²) >= 11 is 0. The van der Waals surface area contributed by atoms with Gasteiger partial charge in [0.25, 0.3) is 11.5 Å². The molecular weight excluding hydrogens is 266 g/mol. The van der Waals surface area contributed by atoms with E-state index in [1.165, 1.54) is 5.56 Å². The highest BCUT2D eigenvalue weighted by Crippen LogP contribution is 2.23. The molecular formula is C16H17N3O2. The number of nitrogens with one attached hydrogen (secondary N) is 3. The van der Waals surface area contributed by atoms with Gasteiger partial charge in [-0.15, -0.1) is 0 Å². The van der Waals surface area contributed by atoms with Gasteiger partial charge in [0.15, 0.2) is 0 Å². The highest BCUT2D eigenvalue weighted by atomic mass is 16.2. The number of aromatic nitrogens is 1. The predicted molar refractivity (Wildman–Crippen MR) is 81.6 cm³/mol. The third kappa shape index (κ3) is 2.73. The zero-order valence-corrected chi connectivity index (χ0v) is 11.8. The molecule has 5 heteroatoms. The molecule has 0 saturated carbocycles. The number of aryl methyl sites for hydroxylation is 1. The number of carbonyl (C=O) groups excluding carboxylic acids is 1. The number of benzene rings is 1. The molecule has 21 heavy (non-hydrogen) atoms. The van der Waals surface area contributed by atoms with Crippen molar-refractivity contribution in [1.29, 1.82) is 0 Å². The zero-order chi connectivity index (χ0) is 14.8. The maximum atomic E-state index is 12.3. The van der Waals surface area contributed by atoms with Crippen molar-refractivity contribution in [3.63, 3.8) is 0 Å². The lowest BCUT2D eigenvalue weighted by Gasteiger charge is -2.20. The number of pyridine rings is 1. The molecule has 108 valence electrons. The molecule has 0 fully saturated rings. The van der Waals surface area contributed by atoms with E-state index in [1.807, 2.05) is 12.1 Å². The van der Waals surface area contributed by atoms with E-state index in [-0.39, 0.29) is 17.0 Å². The number of carbonyl (C=O) groups is 1. The summed E-state index contributed by atoms with van der Waals surface area (Å²) in [4.78, 5) is 26.8. The zero-order valence-electron chi connectivity index (χ0n) is 11.8. The Morgan fingerprint density at radius 1 is 1.24 bits per heavy atom. The second kappa shape index (κ2) is 5.54. The standard InChI is InChI=1S/C16H17N3O2/c1-10-5-6-13(15(20)18-10)16(21)19-14-4-2-3-11-9-17-8-7-12(11)14/h2-6,17H,7-9H2,1H3,(H,18,20)(H,19,21). The van der Waals surface area contributed by atoms with Gasteiger partial charge in [0.2, 0.25) is 0 Å². The number of H-pyrrole nitrogens is 1. The Balaban J connectivity index is 1.90. The first kappa shape index (κ1) is 13.6. The average molecular weight is 283 g/mol.